The molecule has 1 heterocycles. The largest absolute Gasteiger partial charge is 0.481 e. The zero-order chi connectivity index (χ0) is 12.8. The highest BCUT2D eigenvalue weighted by Gasteiger charge is 2.13. The van der Waals surface area contributed by atoms with Gasteiger partial charge in [0.2, 0.25) is 12.7 Å². The van der Waals surface area contributed by atoms with E-state index >= 15 is 0 Å². The molecule has 1 N–H and O–H groups in total. The zero-order valence-corrected chi connectivity index (χ0v) is 9.99. The van der Waals surface area contributed by atoms with E-state index in [0.717, 1.165) is 5.75 Å². The van der Waals surface area contributed by atoms with Gasteiger partial charge in [-0.05, 0) is 12.1 Å². The fraction of sp³-hybridized carbons (Fsp3) is 0.308. The van der Waals surface area contributed by atoms with Crippen LogP contribution in [0.4, 0.5) is 0 Å². The second-order valence-electron chi connectivity index (χ2n) is 3.57. The van der Waals surface area contributed by atoms with Crippen LogP contribution in [0, 0.1) is 11.8 Å². The topological polar surface area (TPSA) is 56.8 Å². The molecule has 0 fully saturated rings. The van der Waals surface area contributed by atoms with E-state index in [4.69, 9.17) is 14.2 Å². The molecule has 5 heteroatoms. The summed E-state index contributed by atoms with van der Waals surface area (Å²) in [6.07, 6.45) is 0. The quantitative estimate of drug-likeness (QED) is 0.807. The van der Waals surface area contributed by atoms with E-state index in [1.807, 2.05) is 0 Å². The highest BCUT2D eigenvalue weighted by Crippen LogP contribution is 2.34. The fourth-order valence-electron chi connectivity index (χ4n) is 1.37. The third kappa shape index (κ3) is 3.32. The van der Waals surface area contributed by atoms with Gasteiger partial charge in [-0.3, -0.25) is 4.79 Å². The lowest BCUT2D eigenvalue weighted by Gasteiger charge is -2.02. The normalized spacial score (nSPS) is 11.4. The number of benzene rings is 1. The van der Waals surface area contributed by atoms with E-state index in [2.05, 4.69) is 17.2 Å². The van der Waals surface area contributed by atoms with E-state index < -0.39 is 0 Å². The Morgan fingerprint density at radius 1 is 1.39 bits per heavy atom. The summed E-state index contributed by atoms with van der Waals surface area (Å²) in [6, 6.07) is 5.35. The van der Waals surface area contributed by atoms with Gasteiger partial charge in [-0.25, -0.2) is 0 Å². The van der Waals surface area contributed by atoms with Crippen LogP contribution in [0.3, 0.4) is 0 Å². The lowest BCUT2D eigenvalue weighted by molar-refractivity contribution is -0.118. The fourth-order valence-corrected chi connectivity index (χ4v) is 1.37. The molecule has 0 aliphatic carbocycles. The molecule has 0 saturated carbocycles. The number of carbonyl (C=O) groups is 1. The Morgan fingerprint density at radius 3 is 3.06 bits per heavy atom. The molecule has 0 radical (unpaired) electrons. The van der Waals surface area contributed by atoms with Gasteiger partial charge in [-0.2, -0.15) is 0 Å². The van der Waals surface area contributed by atoms with Crippen LogP contribution in [0.5, 0.6) is 17.2 Å². The minimum Gasteiger partial charge on any atom is -0.481 e. The molecule has 5 nitrogen and oxygen atoms in total. The zero-order valence-electron chi connectivity index (χ0n) is 9.99. The molecule has 1 aliphatic heterocycles. The molecule has 1 aromatic rings. The average molecular weight is 247 g/mol. The summed E-state index contributed by atoms with van der Waals surface area (Å²) in [5, 5.41) is 2.57. The monoisotopic (exact) mass is 247 g/mol. The van der Waals surface area contributed by atoms with Gasteiger partial charge < -0.3 is 19.5 Å². The van der Waals surface area contributed by atoms with Crippen molar-refractivity contribution < 1.29 is 19.0 Å². The van der Waals surface area contributed by atoms with Crippen molar-refractivity contribution in [3.8, 4) is 29.1 Å². The Morgan fingerprint density at radius 2 is 2.22 bits per heavy atom. The van der Waals surface area contributed by atoms with Gasteiger partial charge in [0.15, 0.2) is 11.5 Å². The first-order valence-electron chi connectivity index (χ1n) is 5.48. The average Bonchev–Trinajstić information content (AvgIpc) is 2.80. The van der Waals surface area contributed by atoms with Gasteiger partial charge in [-0.1, -0.05) is 11.8 Å². The van der Waals surface area contributed by atoms with Gasteiger partial charge >= 0.3 is 0 Å². The molecule has 94 valence electrons. The van der Waals surface area contributed by atoms with Crippen molar-refractivity contribution in [1.29, 1.82) is 0 Å². The minimum atomic E-state index is -0.0963. The van der Waals surface area contributed by atoms with Gasteiger partial charge in [0.1, 0.15) is 12.4 Å². The summed E-state index contributed by atoms with van der Waals surface area (Å²) in [6.45, 7) is 2.29. The van der Waals surface area contributed by atoms with E-state index in [0.29, 0.717) is 18.0 Å². The van der Waals surface area contributed by atoms with Crippen LogP contribution in [-0.2, 0) is 4.79 Å². The summed E-state index contributed by atoms with van der Waals surface area (Å²) in [4.78, 5) is 10.6. The van der Waals surface area contributed by atoms with Crippen LogP contribution in [0.25, 0.3) is 0 Å². The molecule has 0 bridgehead atoms. The van der Waals surface area contributed by atoms with Crippen LogP contribution in [-0.4, -0.2) is 25.9 Å². The predicted octanol–water partition coefficient (Wildman–Crippen LogP) is 0.934. The SMILES string of the molecule is CC(=O)NCC#CCOc1ccc2c(c1)OCO2. The van der Waals surface area contributed by atoms with Crippen LogP contribution < -0.4 is 19.5 Å². The van der Waals surface area contributed by atoms with Crippen LogP contribution in [0.2, 0.25) is 0 Å². The molecule has 1 aromatic carbocycles. The van der Waals surface area contributed by atoms with Crippen molar-refractivity contribution in [3.63, 3.8) is 0 Å². The molecule has 2 rings (SSSR count). The number of carbonyl (C=O) groups excluding carboxylic acids is 1. The van der Waals surface area contributed by atoms with Gasteiger partial charge in [0.25, 0.3) is 0 Å². The summed E-state index contributed by atoms with van der Waals surface area (Å²) >= 11 is 0. The lowest BCUT2D eigenvalue weighted by Crippen LogP contribution is -2.19. The van der Waals surface area contributed by atoms with Crippen LogP contribution >= 0.6 is 0 Å². The summed E-state index contributed by atoms with van der Waals surface area (Å²) in [7, 11) is 0. The maximum Gasteiger partial charge on any atom is 0.231 e. The number of hydrogen-bond donors (Lipinski definition) is 1. The van der Waals surface area contributed by atoms with Crippen molar-refractivity contribution in [2.24, 2.45) is 0 Å². The maximum atomic E-state index is 10.6. The maximum absolute atomic E-state index is 10.6. The van der Waals surface area contributed by atoms with E-state index in [1.54, 1.807) is 18.2 Å². The predicted molar refractivity (Wildman–Crippen MR) is 64.5 cm³/mol. The Balaban J connectivity index is 1.78. The van der Waals surface area contributed by atoms with E-state index in [9.17, 15) is 4.79 Å². The Bertz CT molecular complexity index is 501. The molecule has 0 saturated heterocycles. The highest BCUT2D eigenvalue weighted by atomic mass is 16.7. The van der Waals surface area contributed by atoms with Crippen molar-refractivity contribution in [1.82, 2.24) is 5.32 Å². The Kier molecular flexibility index (Phi) is 3.92. The second kappa shape index (κ2) is 5.82. The van der Waals surface area contributed by atoms with Gasteiger partial charge in [0.05, 0.1) is 6.54 Å². The van der Waals surface area contributed by atoms with Crippen molar-refractivity contribution in [2.75, 3.05) is 19.9 Å². The van der Waals surface area contributed by atoms with Crippen LogP contribution in [0.15, 0.2) is 18.2 Å². The molecule has 1 aliphatic rings. The van der Waals surface area contributed by atoms with E-state index in [1.165, 1.54) is 6.92 Å². The summed E-state index contributed by atoms with van der Waals surface area (Å²) in [5.41, 5.74) is 0. The van der Waals surface area contributed by atoms with Crippen molar-refractivity contribution in [2.45, 2.75) is 6.92 Å². The van der Waals surface area contributed by atoms with E-state index in [-0.39, 0.29) is 19.3 Å². The molecule has 18 heavy (non-hydrogen) atoms. The summed E-state index contributed by atoms with van der Waals surface area (Å²) < 4.78 is 15.8. The molecular weight excluding hydrogens is 234 g/mol. The molecule has 0 atom stereocenters. The Labute approximate surface area is 105 Å². The molecule has 0 unspecified atom stereocenters. The molecule has 0 aromatic heterocycles. The number of nitrogens with one attached hydrogen (secondary N) is 1. The highest BCUT2D eigenvalue weighted by molar-refractivity contribution is 5.73. The lowest BCUT2D eigenvalue weighted by atomic mass is 10.3. The third-order valence-electron chi connectivity index (χ3n) is 2.21. The van der Waals surface area contributed by atoms with Gasteiger partial charge in [-0.15, -0.1) is 0 Å². The first kappa shape index (κ1) is 12.1. The number of fused-ring (bicyclic) bond motifs is 1. The van der Waals surface area contributed by atoms with Gasteiger partial charge in [0, 0.05) is 13.0 Å². The molecule has 1 amide bonds. The molecular formula is C13H13NO4. The molecule has 0 spiro atoms. The van der Waals surface area contributed by atoms with Crippen molar-refractivity contribution in [3.05, 3.63) is 18.2 Å². The number of hydrogen-bond acceptors (Lipinski definition) is 4. The smallest absolute Gasteiger partial charge is 0.231 e. The summed E-state index contributed by atoms with van der Waals surface area (Å²) in [5.74, 6) is 7.55. The minimum absolute atomic E-state index is 0.0963. The number of rotatable bonds is 3. The van der Waals surface area contributed by atoms with Crippen molar-refractivity contribution >= 4 is 5.91 Å². The number of ether oxygens (including phenoxy) is 3. The second-order valence-corrected chi connectivity index (χ2v) is 3.57. The first-order valence-corrected chi connectivity index (χ1v) is 5.48. The standard InChI is InChI=1S/C13H13NO4/c1-10(15)14-6-2-3-7-16-11-4-5-12-13(8-11)18-9-17-12/h4-5,8H,6-7,9H2,1H3,(H,14,15). The number of amides is 1. The Hall–Kier alpha value is -2.35. The first-order chi connectivity index (χ1) is 8.75. The third-order valence-corrected chi connectivity index (χ3v) is 2.21. The van der Waals surface area contributed by atoms with Crippen LogP contribution in [0.1, 0.15) is 6.92 Å².